The van der Waals surface area contributed by atoms with Gasteiger partial charge in [0.25, 0.3) is 11.8 Å². The van der Waals surface area contributed by atoms with Crippen molar-refractivity contribution < 1.29 is 29.2 Å². The number of amides is 4. The number of hydrogen-bond donors (Lipinski definition) is 3. The number of nitrogens with zero attached hydrogens (tertiary/aromatic N) is 2. The highest BCUT2D eigenvalue weighted by Crippen LogP contribution is 2.33. The summed E-state index contributed by atoms with van der Waals surface area (Å²) in [6, 6.07) is 10.8. The molecule has 0 bridgehead atoms. The maximum absolute atomic E-state index is 13.0. The van der Waals surface area contributed by atoms with Gasteiger partial charge in [-0.15, -0.1) is 5.23 Å². The molecule has 0 aromatic heterocycles. The van der Waals surface area contributed by atoms with Crippen molar-refractivity contribution in [1.82, 2.24) is 15.5 Å². The normalized spacial score (nSPS) is 20.1. The number of ether oxygens (including phenoxy) is 1. The fourth-order valence-electron chi connectivity index (χ4n) is 3.76. The van der Waals surface area contributed by atoms with Crippen LogP contribution in [0.15, 0.2) is 42.5 Å². The zero-order valence-corrected chi connectivity index (χ0v) is 16.3. The van der Waals surface area contributed by atoms with Crippen LogP contribution in [0.4, 0.5) is 10.5 Å². The van der Waals surface area contributed by atoms with Crippen LogP contribution in [-0.2, 0) is 21.7 Å². The monoisotopic (exact) mass is 412 g/mol. The van der Waals surface area contributed by atoms with Gasteiger partial charge in [-0.05, 0) is 35.4 Å². The van der Waals surface area contributed by atoms with Crippen LogP contribution in [0, 0.1) is 0 Å². The van der Waals surface area contributed by atoms with Gasteiger partial charge in [0.15, 0.2) is 5.54 Å². The molecule has 2 heterocycles. The number of rotatable bonds is 6. The average Bonchev–Trinajstić information content (AvgIpc) is 3.22. The van der Waals surface area contributed by atoms with Crippen LogP contribution >= 0.6 is 0 Å². The van der Waals surface area contributed by atoms with Gasteiger partial charge in [0, 0.05) is 12.1 Å². The molecule has 1 saturated heterocycles. The lowest BCUT2D eigenvalue weighted by Gasteiger charge is -2.31. The molecule has 4 amide bonds. The minimum atomic E-state index is -1.47. The van der Waals surface area contributed by atoms with Crippen molar-refractivity contribution in [3.8, 4) is 5.75 Å². The molecule has 3 N–H and O–H groups in total. The van der Waals surface area contributed by atoms with Gasteiger partial charge in [-0.2, -0.15) is 0 Å². The number of benzene rings is 2. The van der Waals surface area contributed by atoms with Crippen molar-refractivity contribution in [3.05, 3.63) is 59.2 Å². The van der Waals surface area contributed by atoms with E-state index in [1.807, 2.05) is 0 Å². The Morgan fingerprint density at radius 1 is 1.13 bits per heavy atom. The van der Waals surface area contributed by atoms with Crippen LogP contribution in [0.5, 0.6) is 5.75 Å². The van der Waals surface area contributed by atoms with Crippen LogP contribution in [0.2, 0.25) is 0 Å². The standard InChI is InChI=1S/C20H20N4O6/c1-29-15-8-3-12-10-23(17(25)16(12)9-15)11-20(18(26)21-19(27)22-20)13-4-6-14(7-5-13)24(28)30-2/h3-9,28H,10-11H2,1-2H3,(H2,21,22,26,27). The lowest BCUT2D eigenvalue weighted by molar-refractivity contribution is -0.124. The first kappa shape index (κ1) is 19.7. The van der Waals surface area contributed by atoms with Crippen molar-refractivity contribution in [1.29, 1.82) is 0 Å². The molecule has 2 aromatic rings. The fourth-order valence-corrected chi connectivity index (χ4v) is 3.76. The summed E-state index contributed by atoms with van der Waals surface area (Å²) in [7, 11) is 2.82. The number of nitrogens with one attached hydrogen (secondary N) is 2. The highest BCUT2D eigenvalue weighted by atomic mass is 16.9. The molecule has 1 unspecified atom stereocenters. The van der Waals surface area contributed by atoms with E-state index in [0.29, 0.717) is 34.3 Å². The lowest BCUT2D eigenvalue weighted by Crippen LogP contribution is -2.52. The van der Waals surface area contributed by atoms with E-state index in [2.05, 4.69) is 10.6 Å². The van der Waals surface area contributed by atoms with Gasteiger partial charge in [-0.25, -0.2) is 4.79 Å². The van der Waals surface area contributed by atoms with Gasteiger partial charge >= 0.3 is 6.03 Å². The summed E-state index contributed by atoms with van der Waals surface area (Å²) >= 11 is 0. The molecule has 10 nitrogen and oxygen atoms in total. The topological polar surface area (TPSA) is 120 Å². The fraction of sp³-hybridized carbons (Fsp3) is 0.250. The third-order valence-corrected chi connectivity index (χ3v) is 5.32. The van der Waals surface area contributed by atoms with Gasteiger partial charge in [-0.1, -0.05) is 18.2 Å². The van der Waals surface area contributed by atoms with Crippen molar-refractivity contribution in [2.75, 3.05) is 26.0 Å². The smallest absolute Gasteiger partial charge is 0.322 e. The average molecular weight is 412 g/mol. The van der Waals surface area contributed by atoms with Gasteiger partial charge in [0.05, 0.1) is 26.5 Å². The molecule has 1 atom stereocenters. The SMILES string of the molecule is COc1ccc2c(c1)C(=O)N(CC1(c3ccc(N(O)OC)cc3)NC(=O)NC1=O)C2. The first-order valence-electron chi connectivity index (χ1n) is 9.11. The second-order valence-corrected chi connectivity index (χ2v) is 7.00. The van der Waals surface area contributed by atoms with Crippen molar-refractivity contribution in [3.63, 3.8) is 0 Å². The quantitative estimate of drug-likeness (QED) is 0.481. The largest absolute Gasteiger partial charge is 0.497 e. The summed E-state index contributed by atoms with van der Waals surface area (Å²) in [6.07, 6.45) is 0. The maximum atomic E-state index is 13.0. The number of methoxy groups -OCH3 is 1. The van der Waals surface area contributed by atoms with E-state index in [0.717, 1.165) is 5.56 Å². The maximum Gasteiger partial charge on any atom is 0.322 e. The number of hydrogen-bond acceptors (Lipinski definition) is 7. The number of anilines is 1. The Balaban J connectivity index is 1.67. The molecular weight excluding hydrogens is 392 g/mol. The van der Waals surface area contributed by atoms with E-state index in [-0.39, 0.29) is 12.5 Å². The minimum absolute atomic E-state index is 0.0626. The molecule has 10 heteroatoms. The van der Waals surface area contributed by atoms with E-state index in [1.165, 1.54) is 31.3 Å². The Kier molecular flexibility index (Phi) is 4.80. The zero-order chi connectivity index (χ0) is 21.5. The summed E-state index contributed by atoms with van der Waals surface area (Å²) in [5, 5.41) is 15.1. The first-order chi connectivity index (χ1) is 14.4. The molecule has 30 heavy (non-hydrogen) atoms. The van der Waals surface area contributed by atoms with Gasteiger partial charge in [0.1, 0.15) is 5.75 Å². The molecular formula is C20H20N4O6. The lowest BCUT2D eigenvalue weighted by atomic mass is 9.89. The Hall–Kier alpha value is -3.63. The number of fused-ring (bicyclic) bond motifs is 1. The van der Waals surface area contributed by atoms with Crippen LogP contribution < -0.4 is 20.6 Å². The van der Waals surface area contributed by atoms with E-state index in [1.54, 1.807) is 30.3 Å². The first-order valence-corrected chi connectivity index (χ1v) is 9.11. The number of urea groups is 1. The highest BCUT2D eigenvalue weighted by molar-refractivity contribution is 6.08. The summed E-state index contributed by atoms with van der Waals surface area (Å²) in [6.45, 7) is 0.238. The van der Waals surface area contributed by atoms with Crippen LogP contribution in [0.3, 0.4) is 0 Å². The highest BCUT2D eigenvalue weighted by Gasteiger charge is 2.50. The zero-order valence-electron chi connectivity index (χ0n) is 16.3. The Bertz CT molecular complexity index is 1020. The molecule has 0 saturated carbocycles. The van der Waals surface area contributed by atoms with Crippen LogP contribution in [-0.4, -0.2) is 48.7 Å². The molecule has 4 rings (SSSR count). The summed E-state index contributed by atoms with van der Waals surface area (Å²) in [4.78, 5) is 44.0. The Morgan fingerprint density at radius 2 is 1.87 bits per heavy atom. The Labute approximate surface area is 171 Å². The predicted molar refractivity (Wildman–Crippen MR) is 104 cm³/mol. The van der Waals surface area contributed by atoms with Crippen molar-refractivity contribution in [2.45, 2.75) is 12.1 Å². The summed E-state index contributed by atoms with van der Waals surface area (Å²) in [5.41, 5.74) is 0.635. The number of carbonyl (C=O) groups is 3. The molecule has 2 aliphatic rings. The van der Waals surface area contributed by atoms with E-state index in [4.69, 9.17) is 9.57 Å². The molecule has 1 fully saturated rings. The second kappa shape index (κ2) is 7.32. The minimum Gasteiger partial charge on any atom is -0.497 e. The molecule has 0 radical (unpaired) electrons. The van der Waals surface area contributed by atoms with Gasteiger partial charge in [0.2, 0.25) is 0 Å². The molecule has 156 valence electrons. The summed E-state index contributed by atoms with van der Waals surface area (Å²) < 4.78 is 5.19. The van der Waals surface area contributed by atoms with Gasteiger partial charge < -0.3 is 15.0 Å². The second-order valence-electron chi connectivity index (χ2n) is 7.00. The number of carbonyl (C=O) groups excluding carboxylic acids is 3. The third-order valence-electron chi connectivity index (χ3n) is 5.32. The van der Waals surface area contributed by atoms with Crippen molar-refractivity contribution >= 4 is 23.5 Å². The Morgan fingerprint density at radius 3 is 2.47 bits per heavy atom. The molecule has 0 spiro atoms. The predicted octanol–water partition coefficient (Wildman–Crippen LogP) is 1.14. The van der Waals surface area contributed by atoms with Crippen LogP contribution in [0.1, 0.15) is 21.5 Å². The van der Waals surface area contributed by atoms with Gasteiger partial charge in [-0.3, -0.25) is 25.0 Å². The number of imide groups is 1. The van der Waals surface area contributed by atoms with E-state index >= 15 is 0 Å². The molecule has 2 aromatic carbocycles. The van der Waals surface area contributed by atoms with Crippen LogP contribution in [0.25, 0.3) is 0 Å². The van der Waals surface area contributed by atoms with E-state index < -0.39 is 17.5 Å². The summed E-state index contributed by atoms with van der Waals surface area (Å²) in [5.74, 6) is -0.253. The van der Waals surface area contributed by atoms with Crippen molar-refractivity contribution in [2.24, 2.45) is 0 Å². The molecule has 0 aliphatic carbocycles. The van der Waals surface area contributed by atoms with E-state index in [9.17, 15) is 19.6 Å². The molecule has 2 aliphatic heterocycles. The third kappa shape index (κ3) is 3.11.